The molecule has 0 bridgehead atoms. The third kappa shape index (κ3) is 3.91. The van der Waals surface area contributed by atoms with Gasteiger partial charge in [0.05, 0.1) is 11.9 Å². The Morgan fingerprint density at radius 1 is 1.07 bits per heavy atom. The summed E-state index contributed by atoms with van der Waals surface area (Å²) in [6, 6.07) is 19.1. The maximum absolute atomic E-state index is 12.9. The van der Waals surface area contributed by atoms with Gasteiger partial charge in [-0.3, -0.25) is 9.59 Å². The lowest BCUT2D eigenvalue weighted by molar-refractivity contribution is -0.128. The molecule has 2 aromatic heterocycles. The summed E-state index contributed by atoms with van der Waals surface area (Å²) in [4.78, 5) is 30.3. The first-order chi connectivity index (χ1) is 14.5. The molecule has 2 amide bonds. The molecule has 0 atom stereocenters. The van der Waals surface area contributed by atoms with Gasteiger partial charge in [-0.2, -0.15) is 5.10 Å². The first kappa shape index (κ1) is 19.3. The lowest BCUT2D eigenvalue weighted by Gasteiger charge is -2.15. The Balaban J connectivity index is 1.60. The number of hydrogen-bond donors (Lipinski definition) is 1. The first-order valence-electron chi connectivity index (χ1n) is 9.53. The summed E-state index contributed by atoms with van der Waals surface area (Å²) in [6.07, 6.45) is 3.20. The van der Waals surface area contributed by atoms with Crippen LogP contribution in [-0.2, 0) is 11.3 Å². The molecule has 2 aromatic carbocycles. The van der Waals surface area contributed by atoms with E-state index in [2.05, 4.69) is 15.4 Å². The Hall–Kier alpha value is -4.00. The molecule has 150 valence electrons. The summed E-state index contributed by atoms with van der Waals surface area (Å²) >= 11 is 0. The SMILES string of the molecule is CC(=O)N(C)Cc1cccc(NC(=O)c2cnn3c(-c4ccccc4)ccnc23)c1. The van der Waals surface area contributed by atoms with Crippen molar-refractivity contribution in [1.82, 2.24) is 19.5 Å². The highest BCUT2D eigenvalue weighted by molar-refractivity contribution is 6.08. The van der Waals surface area contributed by atoms with E-state index in [9.17, 15) is 9.59 Å². The largest absolute Gasteiger partial charge is 0.342 e. The number of amides is 2. The van der Waals surface area contributed by atoms with E-state index in [4.69, 9.17) is 0 Å². The third-order valence-electron chi connectivity index (χ3n) is 4.86. The zero-order valence-corrected chi connectivity index (χ0v) is 16.7. The van der Waals surface area contributed by atoms with Crippen LogP contribution in [0, 0.1) is 0 Å². The fraction of sp³-hybridized carbons (Fsp3) is 0.130. The van der Waals surface area contributed by atoms with E-state index >= 15 is 0 Å². The predicted molar refractivity (Wildman–Crippen MR) is 115 cm³/mol. The number of carbonyl (C=O) groups excluding carboxylic acids is 2. The van der Waals surface area contributed by atoms with Crippen molar-refractivity contribution in [3.8, 4) is 11.3 Å². The van der Waals surface area contributed by atoms with Gasteiger partial charge in [-0.05, 0) is 23.8 Å². The molecule has 1 N–H and O–H groups in total. The first-order valence-corrected chi connectivity index (χ1v) is 9.53. The van der Waals surface area contributed by atoms with Gasteiger partial charge in [0.2, 0.25) is 5.91 Å². The van der Waals surface area contributed by atoms with Crippen LogP contribution < -0.4 is 5.32 Å². The molecule has 0 saturated carbocycles. The molecule has 0 radical (unpaired) electrons. The molecule has 4 rings (SSSR count). The minimum Gasteiger partial charge on any atom is -0.342 e. The molecule has 0 unspecified atom stereocenters. The van der Waals surface area contributed by atoms with Crippen LogP contribution in [-0.4, -0.2) is 38.4 Å². The normalized spacial score (nSPS) is 10.7. The second-order valence-electron chi connectivity index (χ2n) is 7.02. The Morgan fingerprint density at radius 2 is 1.87 bits per heavy atom. The van der Waals surface area contributed by atoms with E-state index in [0.717, 1.165) is 16.8 Å². The van der Waals surface area contributed by atoms with Crippen molar-refractivity contribution in [2.24, 2.45) is 0 Å². The predicted octanol–water partition coefficient (Wildman–Crippen LogP) is 3.63. The van der Waals surface area contributed by atoms with Crippen molar-refractivity contribution in [2.45, 2.75) is 13.5 Å². The Morgan fingerprint density at radius 3 is 2.63 bits per heavy atom. The third-order valence-corrected chi connectivity index (χ3v) is 4.86. The van der Waals surface area contributed by atoms with E-state index in [1.807, 2.05) is 60.7 Å². The molecule has 0 spiro atoms. The number of nitrogens with one attached hydrogen (secondary N) is 1. The number of anilines is 1. The molecule has 0 fully saturated rings. The Labute approximate surface area is 174 Å². The summed E-state index contributed by atoms with van der Waals surface area (Å²) in [5.41, 5.74) is 4.29. The average molecular weight is 399 g/mol. The molecule has 0 saturated heterocycles. The van der Waals surface area contributed by atoms with Crippen LogP contribution in [0.15, 0.2) is 73.1 Å². The van der Waals surface area contributed by atoms with Crippen LogP contribution in [0.25, 0.3) is 16.9 Å². The lowest BCUT2D eigenvalue weighted by Crippen LogP contribution is -2.23. The number of carbonyl (C=O) groups is 2. The van der Waals surface area contributed by atoms with Crippen LogP contribution >= 0.6 is 0 Å². The highest BCUT2D eigenvalue weighted by Gasteiger charge is 2.16. The molecule has 0 aliphatic heterocycles. The molecule has 2 heterocycles. The Kier molecular flexibility index (Phi) is 5.26. The van der Waals surface area contributed by atoms with Gasteiger partial charge in [0.25, 0.3) is 5.91 Å². The van der Waals surface area contributed by atoms with Gasteiger partial charge in [-0.1, -0.05) is 42.5 Å². The van der Waals surface area contributed by atoms with Crippen molar-refractivity contribution >= 4 is 23.1 Å². The van der Waals surface area contributed by atoms with E-state index in [1.54, 1.807) is 22.7 Å². The molecule has 4 aromatic rings. The summed E-state index contributed by atoms with van der Waals surface area (Å²) in [7, 11) is 1.74. The van der Waals surface area contributed by atoms with Gasteiger partial charge >= 0.3 is 0 Å². The zero-order chi connectivity index (χ0) is 21.1. The van der Waals surface area contributed by atoms with Crippen LogP contribution in [0.3, 0.4) is 0 Å². The fourth-order valence-corrected chi connectivity index (χ4v) is 3.21. The van der Waals surface area contributed by atoms with Crippen molar-refractivity contribution < 1.29 is 9.59 Å². The number of aromatic nitrogens is 3. The van der Waals surface area contributed by atoms with Crippen molar-refractivity contribution in [1.29, 1.82) is 0 Å². The van der Waals surface area contributed by atoms with Crippen molar-refractivity contribution in [3.05, 3.63) is 84.2 Å². The highest BCUT2D eigenvalue weighted by atomic mass is 16.2. The number of rotatable bonds is 5. The molecule has 0 aliphatic carbocycles. The number of hydrogen-bond acceptors (Lipinski definition) is 4. The van der Waals surface area contributed by atoms with Gasteiger partial charge in [0, 0.05) is 38.0 Å². The van der Waals surface area contributed by atoms with E-state index < -0.39 is 0 Å². The fourth-order valence-electron chi connectivity index (χ4n) is 3.21. The standard InChI is InChI=1S/C23H21N5O2/c1-16(29)27(2)15-17-7-6-10-19(13-17)26-23(30)20-14-25-28-21(11-12-24-22(20)28)18-8-4-3-5-9-18/h3-14H,15H2,1-2H3,(H,26,30). The van der Waals surface area contributed by atoms with Crippen LogP contribution in [0.4, 0.5) is 5.69 Å². The number of benzene rings is 2. The highest BCUT2D eigenvalue weighted by Crippen LogP contribution is 2.21. The molecule has 7 heteroatoms. The summed E-state index contributed by atoms with van der Waals surface area (Å²) in [5, 5.41) is 7.29. The molecular formula is C23H21N5O2. The molecule has 0 aliphatic rings. The maximum Gasteiger partial charge on any atom is 0.261 e. The van der Waals surface area contributed by atoms with E-state index in [-0.39, 0.29) is 11.8 Å². The van der Waals surface area contributed by atoms with Gasteiger partial charge in [-0.25, -0.2) is 9.50 Å². The number of nitrogens with zero attached hydrogens (tertiary/aromatic N) is 4. The monoisotopic (exact) mass is 399 g/mol. The molecule has 30 heavy (non-hydrogen) atoms. The van der Waals surface area contributed by atoms with Gasteiger partial charge in [0.15, 0.2) is 5.65 Å². The van der Waals surface area contributed by atoms with Crippen molar-refractivity contribution in [2.75, 3.05) is 12.4 Å². The van der Waals surface area contributed by atoms with Gasteiger partial charge in [-0.15, -0.1) is 0 Å². The van der Waals surface area contributed by atoms with Crippen molar-refractivity contribution in [3.63, 3.8) is 0 Å². The maximum atomic E-state index is 12.9. The Bertz CT molecular complexity index is 1220. The average Bonchev–Trinajstić information content (AvgIpc) is 3.19. The van der Waals surface area contributed by atoms with Crippen LogP contribution in [0.5, 0.6) is 0 Å². The quantitative estimate of drug-likeness (QED) is 0.556. The number of fused-ring (bicyclic) bond motifs is 1. The second kappa shape index (κ2) is 8.16. The summed E-state index contributed by atoms with van der Waals surface area (Å²) < 4.78 is 1.67. The zero-order valence-electron chi connectivity index (χ0n) is 16.7. The smallest absolute Gasteiger partial charge is 0.261 e. The van der Waals surface area contributed by atoms with Gasteiger partial charge in [0.1, 0.15) is 5.56 Å². The topological polar surface area (TPSA) is 79.6 Å². The second-order valence-corrected chi connectivity index (χ2v) is 7.02. The summed E-state index contributed by atoms with van der Waals surface area (Å²) in [5.74, 6) is -0.309. The minimum atomic E-state index is -0.292. The van der Waals surface area contributed by atoms with E-state index in [1.165, 1.54) is 13.1 Å². The lowest BCUT2D eigenvalue weighted by atomic mass is 10.1. The van der Waals surface area contributed by atoms with Crippen LogP contribution in [0.2, 0.25) is 0 Å². The van der Waals surface area contributed by atoms with E-state index in [0.29, 0.717) is 23.4 Å². The molecule has 7 nitrogen and oxygen atoms in total. The van der Waals surface area contributed by atoms with Crippen LogP contribution in [0.1, 0.15) is 22.8 Å². The van der Waals surface area contributed by atoms with Gasteiger partial charge < -0.3 is 10.2 Å². The molecular weight excluding hydrogens is 378 g/mol. The summed E-state index contributed by atoms with van der Waals surface area (Å²) in [6.45, 7) is 1.99. The minimum absolute atomic E-state index is 0.0175.